The van der Waals surface area contributed by atoms with Gasteiger partial charge in [-0.2, -0.15) is 13.2 Å². The van der Waals surface area contributed by atoms with Crippen LogP contribution in [0.2, 0.25) is 0 Å². The summed E-state index contributed by atoms with van der Waals surface area (Å²) in [5.74, 6) is 0.933. The first kappa shape index (κ1) is 13.8. The van der Waals surface area contributed by atoms with E-state index >= 15 is 0 Å². The lowest BCUT2D eigenvalue weighted by molar-refractivity contribution is -0.136. The van der Waals surface area contributed by atoms with Gasteiger partial charge in [-0.1, -0.05) is 19.8 Å². The fourth-order valence-electron chi connectivity index (χ4n) is 2.42. The second-order valence-corrected chi connectivity index (χ2v) is 5.09. The van der Waals surface area contributed by atoms with Gasteiger partial charge < -0.3 is 5.11 Å². The van der Waals surface area contributed by atoms with Crippen LogP contribution < -0.4 is 0 Å². The first-order chi connectivity index (χ1) is 7.38. The lowest BCUT2D eigenvalue weighted by Gasteiger charge is -2.29. The Hall–Kier alpha value is -0.250. The molecule has 1 atom stereocenters. The molecule has 4 heteroatoms. The number of aliphatic hydroxyl groups is 1. The van der Waals surface area contributed by atoms with Gasteiger partial charge in [-0.15, -0.1) is 0 Å². The molecule has 0 amide bonds. The Labute approximate surface area is 95.0 Å². The van der Waals surface area contributed by atoms with Crippen molar-refractivity contribution in [3.63, 3.8) is 0 Å². The minimum absolute atomic E-state index is 0.0523. The average molecular weight is 238 g/mol. The molecule has 1 fully saturated rings. The van der Waals surface area contributed by atoms with Crippen molar-refractivity contribution >= 4 is 0 Å². The summed E-state index contributed by atoms with van der Waals surface area (Å²) in [7, 11) is 0. The van der Waals surface area contributed by atoms with Crippen LogP contribution in [0.25, 0.3) is 0 Å². The number of halogens is 3. The quantitative estimate of drug-likeness (QED) is 0.787. The van der Waals surface area contributed by atoms with Gasteiger partial charge in [0.15, 0.2) is 0 Å². The van der Waals surface area contributed by atoms with Crippen molar-refractivity contribution in [2.75, 3.05) is 0 Å². The Morgan fingerprint density at radius 1 is 1.19 bits per heavy atom. The van der Waals surface area contributed by atoms with Crippen LogP contribution in [0.1, 0.15) is 51.9 Å². The van der Waals surface area contributed by atoms with Crippen LogP contribution >= 0.6 is 0 Å². The van der Waals surface area contributed by atoms with E-state index in [1.807, 2.05) is 0 Å². The molecular formula is C12H21F3O. The summed E-state index contributed by atoms with van der Waals surface area (Å²) >= 11 is 0. The van der Waals surface area contributed by atoms with E-state index in [1.54, 1.807) is 0 Å². The van der Waals surface area contributed by atoms with E-state index in [2.05, 4.69) is 6.92 Å². The molecule has 0 bridgehead atoms. The number of aliphatic hydroxyl groups excluding tert-OH is 1. The van der Waals surface area contributed by atoms with Gasteiger partial charge in [-0.05, 0) is 37.5 Å². The molecule has 16 heavy (non-hydrogen) atoms. The summed E-state index contributed by atoms with van der Waals surface area (Å²) in [6, 6.07) is 0. The molecule has 0 radical (unpaired) electrons. The van der Waals surface area contributed by atoms with Gasteiger partial charge in [0.1, 0.15) is 0 Å². The summed E-state index contributed by atoms with van der Waals surface area (Å²) in [5, 5.41) is 9.79. The van der Waals surface area contributed by atoms with Crippen LogP contribution in [0.5, 0.6) is 0 Å². The predicted molar refractivity (Wildman–Crippen MR) is 57.0 cm³/mol. The molecule has 1 nitrogen and oxygen atoms in total. The normalized spacial score (nSPS) is 29.1. The standard InChI is InChI=1S/C12H21F3O/c1-9-4-6-10(7-5-9)11(16)3-2-8-12(13,14)15/h9-11,16H,2-8H2,1H3. The highest BCUT2D eigenvalue weighted by Crippen LogP contribution is 2.32. The van der Waals surface area contributed by atoms with Crippen molar-refractivity contribution in [1.29, 1.82) is 0 Å². The van der Waals surface area contributed by atoms with Gasteiger partial charge in [0.2, 0.25) is 0 Å². The number of hydrogen-bond donors (Lipinski definition) is 1. The van der Waals surface area contributed by atoms with E-state index in [4.69, 9.17) is 0 Å². The zero-order valence-electron chi connectivity index (χ0n) is 9.76. The van der Waals surface area contributed by atoms with Crippen molar-refractivity contribution in [3.8, 4) is 0 Å². The zero-order chi connectivity index (χ0) is 12.2. The number of alkyl halides is 3. The molecule has 0 spiro atoms. The van der Waals surface area contributed by atoms with Crippen LogP contribution in [0.15, 0.2) is 0 Å². The Balaban J connectivity index is 2.17. The Kier molecular flexibility index (Phi) is 5.09. The SMILES string of the molecule is CC1CCC(C(O)CCCC(F)(F)F)CC1. The monoisotopic (exact) mass is 238 g/mol. The topological polar surface area (TPSA) is 20.2 Å². The van der Waals surface area contributed by atoms with Crippen molar-refractivity contribution < 1.29 is 18.3 Å². The summed E-state index contributed by atoms with van der Waals surface area (Å²) in [6.07, 6.45) is -0.914. The number of rotatable bonds is 4. The molecule has 1 rings (SSSR count). The van der Waals surface area contributed by atoms with E-state index in [1.165, 1.54) is 0 Å². The molecule has 0 aliphatic heterocycles. The second kappa shape index (κ2) is 5.89. The van der Waals surface area contributed by atoms with Gasteiger partial charge in [0.25, 0.3) is 0 Å². The van der Waals surface area contributed by atoms with Crippen molar-refractivity contribution in [2.24, 2.45) is 11.8 Å². The zero-order valence-corrected chi connectivity index (χ0v) is 9.76. The third kappa shape index (κ3) is 5.19. The minimum atomic E-state index is -4.08. The smallest absolute Gasteiger partial charge is 0.389 e. The van der Waals surface area contributed by atoms with Crippen molar-refractivity contribution in [2.45, 2.75) is 64.1 Å². The number of hydrogen-bond acceptors (Lipinski definition) is 1. The maximum Gasteiger partial charge on any atom is 0.389 e. The van der Waals surface area contributed by atoms with E-state index in [-0.39, 0.29) is 12.3 Å². The highest BCUT2D eigenvalue weighted by atomic mass is 19.4. The maximum atomic E-state index is 11.9. The Morgan fingerprint density at radius 2 is 1.75 bits per heavy atom. The van der Waals surface area contributed by atoms with Crippen LogP contribution in [0.4, 0.5) is 13.2 Å². The first-order valence-corrected chi connectivity index (χ1v) is 6.13. The highest BCUT2D eigenvalue weighted by molar-refractivity contribution is 4.76. The summed E-state index contributed by atoms with van der Waals surface area (Å²) in [6.45, 7) is 2.19. The second-order valence-electron chi connectivity index (χ2n) is 5.09. The molecule has 1 aliphatic rings. The van der Waals surface area contributed by atoms with Gasteiger partial charge in [0, 0.05) is 6.42 Å². The van der Waals surface area contributed by atoms with E-state index in [0.29, 0.717) is 12.3 Å². The highest BCUT2D eigenvalue weighted by Gasteiger charge is 2.28. The van der Waals surface area contributed by atoms with Crippen LogP contribution in [0.3, 0.4) is 0 Å². The molecule has 0 heterocycles. The Bertz CT molecular complexity index is 195. The largest absolute Gasteiger partial charge is 0.393 e. The van der Waals surface area contributed by atoms with Gasteiger partial charge in [-0.25, -0.2) is 0 Å². The molecule has 1 unspecified atom stereocenters. The summed E-state index contributed by atoms with van der Waals surface area (Å²) in [5.41, 5.74) is 0. The third-order valence-electron chi connectivity index (χ3n) is 3.56. The predicted octanol–water partition coefficient (Wildman–Crippen LogP) is 3.91. The Morgan fingerprint density at radius 3 is 2.25 bits per heavy atom. The molecule has 96 valence electrons. The summed E-state index contributed by atoms with van der Waals surface area (Å²) in [4.78, 5) is 0. The first-order valence-electron chi connectivity index (χ1n) is 6.13. The van der Waals surface area contributed by atoms with Gasteiger partial charge in [-0.3, -0.25) is 0 Å². The molecule has 0 aromatic heterocycles. The van der Waals surface area contributed by atoms with Crippen LogP contribution in [-0.4, -0.2) is 17.4 Å². The third-order valence-corrected chi connectivity index (χ3v) is 3.56. The molecule has 0 aromatic carbocycles. The van der Waals surface area contributed by atoms with Crippen LogP contribution in [0, 0.1) is 11.8 Å². The fourth-order valence-corrected chi connectivity index (χ4v) is 2.42. The van der Waals surface area contributed by atoms with E-state index in [0.717, 1.165) is 25.7 Å². The minimum Gasteiger partial charge on any atom is -0.393 e. The fraction of sp³-hybridized carbons (Fsp3) is 1.00. The van der Waals surface area contributed by atoms with Crippen LogP contribution in [-0.2, 0) is 0 Å². The van der Waals surface area contributed by atoms with E-state index in [9.17, 15) is 18.3 Å². The van der Waals surface area contributed by atoms with E-state index < -0.39 is 18.7 Å². The molecule has 1 saturated carbocycles. The molecule has 0 saturated heterocycles. The van der Waals surface area contributed by atoms with Crippen molar-refractivity contribution in [1.82, 2.24) is 0 Å². The molecule has 1 aliphatic carbocycles. The average Bonchev–Trinajstić information content (AvgIpc) is 2.16. The summed E-state index contributed by atoms with van der Waals surface area (Å²) < 4.78 is 35.8. The molecule has 0 aromatic rings. The maximum absolute atomic E-state index is 11.9. The lowest BCUT2D eigenvalue weighted by atomic mass is 9.79. The van der Waals surface area contributed by atoms with Gasteiger partial charge >= 0.3 is 6.18 Å². The van der Waals surface area contributed by atoms with Gasteiger partial charge in [0.05, 0.1) is 6.10 Å². The molecular weight excluding hydrogens is 217 g/mol. The molecule has 1 N–H and O–H groups in total. The van der Waals surface area contributed by atoms with Crippen molar-refractivity contribution in [3.05, 3.63) is 0 Å². The lowest BCUT2D eigenvalue weighted by Crippen LogP contribution is -2.25.